The number of aliphatic hydroxyl groups is 3. The highest BCUT2D eigenvalue weighted by atomic mass is 16.7. The van der Waals surface area contributed by atoms with E-state index in [0.717, 1.165) is 38.5 Å². The number of fused-ring (bicyclic) bond motifs is 2. The fraction of sp³-hybridized carbons (Fsp3) is 0.900. The van der Waals surface area contributed by atoms with Gasteiger partial charge in [-0.1, -0.05) is 34.6 Å². The van der Waals surface area contributed by atoms with E-state index in [1.165, 1.54) is 6.92 Å². The number of carbonyl (C=O) groups excluding carboxylic acids is 3. The summed E-state index contributed by atoms with van der Waals surface area (Å²) in [6.07, 6.45) is -1.80. The molecule has 0 amide bonds. The van der Waals surface area contributed by atoms with Crippen molar-refractivity contribution in [2.24, 2.45) is 50.7 Å². The second kappa shape index (κ2) is 12.7. The van der Waals surface area contributed by atoms with Crippen LogP contribution in [0.25, 0.3) is 0 Å². The summed E-state index contributed by atoms with van der Waals surface area (Å²) in [6, 6.07) is 0. The number of carbonyl (C=O) groups is 4. The third-order valence-corrected chi connectivity index (χ3v) is 16.2. The van der Waals surface area contributed by atoms with Crippen LogP contribution in [0.4, 0.5) is 0 Å². The van der Waals surface area contributed by atoms with Gasteiger partial charge in [-0.3, -0.25) is 19.2 Å². The first-order chi connectivity index (χ1) is 24.6. The lowest BCUT2D eigenvalue weighted by molar-refractivity contribution is -0.305. The number of rotatable bonds is 10. The summed E-state index contributed by atoms with van der Waals surface area (Å²) in [7, 11) is 0. The molecule has 2 saturated heterocycles. The SMILES string of the molecule is CC(=O)OC(CC(C)C1C(=O)C(O)C2(C)C3CCC4C(C)(C)C(OC5OCC(O)C(O)C5OC(=O)CC(=O)O)CCC45CC35CCC12C)C1OC1(C)C. The first kappa shape index (κ1) is 39.1. The zero-order valence-corrected chi connectivity index (χ0v) is 32.5. The number of hydrogen-bond donors (Lipinski definition) is 4. The van der Waals surface area contributed by atoms with Crippen molar-refractivity contribution in [2.45, 2.75) is 168 Å². The number of epoxide rings is 1. The molecule has 5 aliphatic carbocycles. The molecule has 298 valence electrons. The van der Waals surface area contributed by atoms with Crippen LogP contribution >= 0.6 is 0 Å². The highest BCUT2D eigenvalue weighted by molar-refractivity contribution is 5.91. The van der Waals surface area contributed by atoms with Gasteiger partial charge in [-0.25, -0.2) is 0 Å². The predicted molar refractivity (Wildman–Crippen MR) is 186 cm³/mol. The average Bonchev–Trinajstić information content (AvgIpc) is 3.91. The van der Waals surface area contributed by atoms with Crippen molar-refractivity contribution in [3.8, 4) is 0 Å². The molecule has 0 bridgehead atoms. The number of aliphatic carboxylic acids is 1. The maximum atomic E-state index is 14.3. The largest absolute Gasteiger partial charge is 0.481 e. The normalized spacial score (nSPS) is 48.5. The number of ether oxygens (including phenoxy) is 5. The van der Waals surface area contributed by atoms with Crippen molar-refractivity contribution < 1.29 is 63.3 Å². The first-order valence-electron chi connectivity index (χ1n) is 19.7. The lowest BCUT2D eigenvalue weighted by Gasteiger charge is -2.63. The molecule has 53 heavy (non-hydrogen) atoms. The van der Waals surface area contributed by atoms with Crippen molar-refractivity contribution in [3.63, 3.8) is 0 Å². The highest BCUT2D eigenvalue weighted by Crippen LogP contribution is 2.89. The molecule has 0 radical (unpaired) electrons. The van der Waals surface area contributed by atoms with Gasteiger partial charge in [-0.15, -0.1) is 0 Å². The van der Waals surface area contributed by atoms with Crippen LogP contribution in [0, 0.1) is 50.7 Å². The van der Waals surface area contributed by atoms with Crippen LogP contribution in [0.2, 0.25) is 0 Å². The molecule has 0 aromatic heterocycles. The van der Waals surface area contributed by atoms with Crippen LogP contribution in [0.3, 0.4) is 0 Å². The fourth-order valence-corrected chi connectivity index (χ4v) is 13.6. The average molecular weight is 749 g/mol. The van der Waals surface area contributed by atoms with Crippen LogP contribution in [0.15, 0.2) is 0 Å². The molecule has 7 rings (SSSR count). The van der Waals surface area contributed by atoms with Crippen LogP contribution in [0.5, 0.6) is 0 Å². The molecular formula is C40H60O13. The van der Waals surface area contributed by atoms with Gasteiger partial charge in [0.2, 0.25) is 0 Å². The number of carboxylic acids is 1. The van der Waals surface area contributed by atoms with Crippen LogP contribution in [-0.2, 0) is 42.9 Å². The number of ketones is 1. The first-order valence-corrected chi connectivity index (χ1v) is 19.7. The van der Waals surface area contributed by atoms with Crippen molar-refractivity contribution >= 4 is 23.7 Å². The summed E-state index contributed by atoms with van der Waals surface area (Å²) in [5, 5.41) is 42.2. The van der Waals surface area contributed by atoms with E-state index in [-0.39, 0.29) is 70.5 Å². The molecule has 5 saturated carbocycles. The van der Waals surface area contributed by atoms with Gasteiger partial charge in [0, 0.05) is 18.3 Å². The Morgan fingerprint density at radius 3 is 2.21 bits per heavy atom. The minimum Gasteiger partial charge on any atom is -0.481 e. The third-order valence-electron chi connectivity index (χ3n) is 16.2. The molecule has 7 fully saturated rings. The Kier molecular flexibility index (Phi) is 9.35. The maximum Gasteiger partial charge on any atom is 0.317 e. The van der Waals surface area contributed by atoms with E-state index < -0.39 is 71.6 Å². The standard InChI is InChI=1S/C40H60O13/c1-19(15-22(50-20(2)41)33-36(5,6)53-33)28-30(47)32(48)38(8)24-10-9-23-35(3,4)25(11-12-39(23)18-40(24,39)14-13-37(28,38)7)51-34-31(29(46)21(42)17-49-34)52-27(45)16-26(43)44/h19,21-25,28-29,31-34,42,46,48H,9-18H2,1-8H3,(H,43,44). The Balaban J connectivity index is 1.10. The number of Topliss-reactive ketones (excluding diaryl/α,β-unsaturated/α-hetero) is 1. The topological polar surface area (TPSA) is 199 Å². The van der Waals surface area contributed by atoms with Gasteiger partial charge < -0.3 is 44.1 Å². The quantitative estimate of drug-likeness (QED) is 0.110. The Hall–Kier alpha value is -2.16. The summed E-state index contributed by atoms with van der Waals surface area (Å²) < 4.78 is 29.3. The van der Waals surface area contributed by atoms with Crippen molar-refractivity contribution in [2.75, 3.05) is 6.61 Å². The van der Waals surface area contributed by atoms with Crippen LogP contribution < -0.4 is 0 Å². The smallest absolute Gasteiger partial charge is 0.317 e. The Labute approximate surface area is 311 Å². The molecule has 2 aliphatic heterocycles. The summed E-state index contributed by atoms with van der Waals surface area (Å²) in [4.78, 5) is 49.8. The zero-order valence-electron chi connectivity index (χ0n) is 32.5. The van der Waals surface area contributed by atoms with E-state index >= 15 is 0 Å². The predicted octanol–water partition coefficient (Wildman–Crippen LogP) is 3.56. The summed E-state index contributed by atoms with van der Waals surface area (Å²) in [5.41, 5.74) is -1.83. The molecule has 16 unspecified atom stereocenters. The number of aliphatic hydroxyl groups excluding tert-OH is 3. The monoisotopic (exact) mass is 748 g/mol. The number of hydrogen-bond acceptors (Lipinski definition) is 12. The Morgan fingerprint density at radius 2 is 1.58 bits per heavy atom. The lowest BCUT2D eigenvalue weighted by atomic mass is 9.41. The molecule has 0 aromatic carbocycles. The minimum absolute atomic E-state index is 0.0158. The molecule has 2 heterocycles. The lowest BCUT2D eigenvalue weighted by Crippen LogP contribution is -2.61. The number of esters is 2. The van der Waals surface area contributed by atoms with E-state index in [4.69, 9.17) is 28.8 Å². The third kappa shape index (κ3) is 5.67. The van der Waals surface area contributed by atoms with Gasteiger partial charge in [-0.2, -0.15) is 0 Å². The van der Waals surface area contributed by atoms with Crippen LogP contribution in [-0.4, -0.2) is 105 Å². The zero-order chi connectivity index (χ0) is 38.8. The molecular weight excluding hydrogens is 688 g/mol. The summed E-state index contributed by atoms with van der Waals surface area (Å²) in [5.74, 6) is -2.99. The molecule has 7 aliphatic rings. The van der Waals surface area contributed by atoms with Gasteiger partial charge in [0.1, 0.15) is 36.9 Å². The van der Waals surface area contributed by atoms with Crippen LogP contribution in [0.1, 0.15) is 113 Å². The fourth-order valence-electron chi connectivity index (χ4n) is 13.6. The minimum atomic E-state index is -1.50. The van der Waals surface area contributed by atoms with Crippen molar-refractivity contribution in [3.05, 3.63) is 0 Å². The second-order valence-electron chi connectivity index (χ2n) is 19.4. The van der Waals surface area contributed by atoms with E-state index in [2.05, 4.69) is 34.6 Å². The Morgan fingerprint density at radius 1 is 0.943 bits per heavy atom. The van der Waals surface area contributed by atoms with Crippen molar-refractivity contribution in [1.29, 1.82) is 0 Å². The van der Waals surface area contributed by atoms with Gasteiger partial charge in [0.25, 0.3) is 0 Å². The Bertz CT molecular complexity index is 1530. The van der Waals surface area contributed by atoms with Gasteiger partial charge in [-0.05, 0) is 105 Å². The summed E-state index contributed by atoms with van der Waals surface area (Å²) >= 11 is 0. The molecule has 13 heteroatoms. The van der Waals surface area contributed by atoms with Gasteiger partial charge >= 0.3 is 17.9 Å². The summed E-state index contributed by atoms with van der Waals surface area (Å²) in [6.45, 7) is 16.0. The second-order valence-corrected chi connectivity index (χ2v) is 19.4. The molecule has 0 aromatic rings. The molecule has 2 spiro atoms. The maximum absolute atomic E-state index is 14.3. The highest BCUT2D eigenvalue weighted by Gasteiger charge is 2.84. The van der Waals surface area contributed by atoms with E-state index in [9.17, 15) is 34.5 Å². The molecule has 4 N–H and O–H groups in total. The molecule has 13 nitrogen and oxygen atoms in total. The van der Waals surface area contributed by atoms with Gasteiger partial charge in [0.15, 0.2) is 18.2 Å². The van der Waals surface area contributed by atoms with Crippen molar-refractivity contribution in [1.82, 2.24) is 0 Å². The van der Waals surface area contributed by atoms with E-state index in [1.807, 2.05) is 13.8 Å². The van der Waals surface area contributed by atoms with E-state index in [0.29, 0.717) is 12.8 Å². The van der Waals surface area contributed by atoms with E-state index in [1.54, 1.807) is 0 Å². The van der Waals surface area contributed by atoms with Gasteiger partial charge in [0.05, 0.1) is 18.3 Å². The number of carboxylic acid groups (broad SMARTS) is 1. The molecule has 16 atom stereocenters.